The van der Waals surface area contributed by atoms with Crippen LogP contribution in [0.25, 0.3) is 11.3 Å². The molecule has 0 fully saturated rings. The van der Waals surface area contributed by atoms with Gasteiger partial charge in [0.2, 0.25) is 11.3 Å². The van der Waals surface area contributed by atoms with E-state index in [0.29, 0.717) is 18.0 Å². The smallest absolute Gasteiger partial charge is 0.341 e. The van der Waals surface area contributed by atoms with Crippen molar-refractivity contribution in [3.05, 3.63) is 69.0 Å². The summed E-state index contributed by atoms with van der Waals surface area (Å²) >= 11 is 6.11. The van der Waals surface area contributed by atoms with Crippen LogP contribution in [-0.2, 0) is 13.2 Å². The van der Waals surface area contributed by atoms with E-state index in [4.69, 9.17) is 26.0 Å². The molecule has 3 rings (SSSR count). The van der Waals surface area contributed by atoms with Crippen LogP contribution in [0.2, 0.25) is 5.02 Å². The van der Waals surface area contributed by atoms with Crippen LogP contribution in [0.3, 0.4) is 0 Å². The Balaban J connectivity index is 2.20. The third-order valence-corrected chi connectivity index (χ3v) is 4.31. The van der Waals surface area contributed by atoms with Crippen molar-refractivity contribution in [3.8, 4) is 23.2 Å². The first-order valence-electron chi connectivity index (χ1n) is 8.18. The molecule has 0 radical (unpaired) electrons. The molecular weight excluding hydrogens is 386 g/mol. The number of carbonyl (C=O) groups is 1. The fourth-order valence-electron chi connectivity index (χ4n) is 2.78. The van der Waals surface area contributed by atoms with Gasteiger partial charge in [0.25, 0.3) is 0 Å². The zero-order valence-corrected chi connectivity index (χ0v) is 15.4. The molecule has 0 amide bonds. The molecule has 0 aliphatic rings. The van der Waals surface area contributed by atoms with Crippen molar-refractivity contribution in [2.24, 2.45) is 0 Å². The zero-order valence-electron chi connectivity index (χ0n) is 14.7. The second-order valence-electron chi connectivity index (χ2n) is 5.64. The normalized spacial score (nSPS) is 10.5. The Kier molecular flexibility index (Phi) is 5.47. The first-order valence-corrected chi connectivity index (χ1v) is 8.56. The van der Waals surface area contributed by atoms with Crippen LogP contribution in [0.1, 0.15) is 28.7 Å². The third-order valence-electron chi connectivity index (χ3n) is 3.99. The number of nitriles is 1. The number of ether oxygens (including phenoxy) is 1. The SMILES string of the molecule is CCn1c(OCc2ncco2)cc(=O)c(C(=O)O)c1-c1ccc(C#N)c(Cl)c1. The minimum Gasteiger partial charge on any atom is -0.477 e. The van der Waals surface area contributed by atoms with Crippen molar-refractivity contribution < 1.29 is 19.1 Å². The third kappa shape index (κ3) is 3.61. The van der Waals surface area contributed by atoms with Crippen molar-refractivity contribution in [2.45, 2.75) is 20.1 Å². The van der Waals surface area contributed by atoms with Crippen molar-refractivity contribution in [3.63, 3.8) is 0 Å². The van der Waals surface area contributed by atoms with Crippen molar-refractivity contribution in [1.29, 1.82) is 5.26 Å². The Hall–Kier alpha value is -3.57. The number of oxazole rings is 1. The van der Waals surface area contributed by atoms with Gasteiger partial charge < -0.3 is 18.8 Å². The number of pyridine rings is 1. The van der Waals surface area contributed by atoms with Gasteiger partial charge in [0.1, 0.15) is 17.9 Å². The molecule has 0 bridgehead atoms. The molecule has 0 unspecified atom stereocenters. The summed E-state index contributed by atoms with van der Waals surface area (Å²) in [4.78, 5) is 28.2. The highest BCUT2D eigenvalue weighted by molar-refractivity contribution is 6.32. The summed E-state index contributed by atoms with van der Waals surface area (Å²) in [5, 5.41) is 18.8. The van der Waals surface area contributed by atoms with Crippen molar-refractivity contribution in [2.75, 3.05) is 0 Å². The quantitative estimate of drug-likeness (QED) is 0.675. The van der Waals surface area contributed by atoms with E-state index < -0.39 is 17.0 Å². The van der Waals surface area contributed by atoms with Gasteiger partial charge in [-0.3, -0.25) is 4.79 Å². The van der Waals surface area contributed by atoms with Gasteiger partial charge in [-0.25, -0.2) is 9.78 Å². The summed E-state index contributed by atoms with van der Waals surface area (Å²) in [5.74, 6) is -0.909. The number of rotatable bonds is 6. The van der Waals surface area contributed by atoms with Gasteiger partial charge in [-0.2, -0.15) is 5.26 Å². The Morgan fingerprint density at radius 3 is 2.79 bits per heavy atom. The molecule has 1 N–H and O–H groups in total. The highest BCUT2D eigenvalue weighted by Gasteiger charge is 2.23. The summed E-state index contributed by atoms with van der Waals surface area (Å²) in [5.41, 5.74) is -0.372. The first-order chi connectivity index (χ1) is 13.5. The number of hydrogen-bond acceptors (Lipinski definition) is 6. The van der Waals surface area contributed by atoms with E-state index in [-0.39, 0.29) is 28.8 Å². The molecule has 3 aromatic rings. The van der Waals surface area contributed by atoms with Gasteiger partial charge in [-0.1, -0.05) is 17.7 Å². The average Bonchev–Trinajstić information content (AvgIpc) is 3.18. The number of aromatic carboxylic acids is 1. The van der Waals surface area contributed by atoms with Crippen molar-refractivity contribution >= 4 is 17.6 Å². The number of hydrogen-bond donors (Lipinski definition) is 1. The molecule has 0 spiro atoms. The average molecular weight is 400 g/mol. The van der Waals surface area contributed by atoms with E-state index in [1.165, 1.54) is 30.7 Å². The fraction of sp³-hybridized carbons (Fsp3) is 0.158. The maximum Gasteiger partial charge on any atom is 0.341 e. The minimum atomic E-state index is -1.37. The van der Waals surface area contributed by atoms with E-state index in [9.17, 15) is 14.7 Å². The van der Waals surface area contributed by atoms with Crippen LogP contribution in [0, 0.1) is 11.3 Å². The molecular formula is C19H14ClN3O5. The lowest BCUT2D eigenvalue weighted by molar-refractivity contribution is 0.0695. The molecule has 9 heteroatoms. The lowest BCUT2D eigenvalue weighted by Crippen LogP contribution is -2.22. The van der Waals surface area contributed by atoms with Gasteiger partial charge in [-0.15, -0.1) is 0 Å². The molecule has 1 aromatic carbocycles. The van der Waals surface area contributed by atoms with Crippen LogP contribution in [0.15, 0.2) is 45.9 Å². The Bertz CT molecular complexity index is 1130. The molecule has 0 aliphatic heterocycles. The highest BCUT2D eigenvalue weighted by atomic mass is 35.5. The summed E-state index contributed by atoms with van der Waals surface area (Å²) in [7, 11) is 0. The predicted molar refractivity (Wildman–Crippen MR) is 99.3 cm³/mol. The summed E-state index contributed by atoms with van der Waals surface area (Å²) in [6.07, 6.45) is 2.85. The number of carboxylic acid groups (broad SMARTS) is 1. The standard InChI is InChI=1S/C19H14ClN3O5/c1-2-23-16(28-10-15-22-5-6-27-15)8-14(24)17(19(25)26)18(23)11-3-4-12(9-21)13(20)7-11/h3-8H,2,10H2,1H3,(H,25,26). The van der Waals surface area contributed by atoms with Gasteiger partial charge in [0.05, 0.1) is 22.5 Å². The number of aromatic nitrogens is 2. The molecule has 0 saturated carbocycles. The molecule has 0 saturated heterocycles. The van der Waals surface area contributed by atoms with E-state index in [0.717, 1.165) is 6.07 Å². The van der Waals surface area contributed by atoms with Crippen LogP contribution >= 0.6 is 11.6 Å². The fourth-order valence-corrected chi connectivity index (χ4v) is 3.00. The van der Waals surface area contributed by atoms with Gasteiger partial charge in [0.15, 0.2) is 12.5 Å². The van der Waals surface area contributed by atoms with Crippen LogP contribution in [0.5, 0.6) is 5.88 Å². The molecule has 0 atom stereocenters. The maximum absolute atomic E-state index is 12.5. The highest BCUT2D eigenvalue weighted by Crippen LogP contribution is 2.30. The summed E-state index contributed by atoms with van der Waals surface area (Å²) in [6.45, 7) is 2.06. The largest absolute Gasteiger partial charge is 0.477 e. The monoisotopic (exact) mass is 399 g/mol. The van der Waals surface area contributed by atoms with Gasteiger partial charge in [0, 0.05) is 18.2 Å². The number of carboxylic acids is 1. The molecule has 8 nitrogen and oxygen atoms in total. The lowest BCUT2D eigenvalue weighted by Gasteiger charge is -2.19. The Morgan fingerprint density at radius 1 is 1.43 bits per heavy atom. The topological polar surface area (TPSA) is 118 Å². The number of halogens is 1. The Morgan fingerprint density at radius 2 is 2.21 bits per heavy atom. The van der Waals surface area contributed by atoms with E-state index >= 15 is 0 Å². The summed E-state index contributed by atoms with van der Waals surface area (Å²) in [6, 6.07) is 7.51. The van der Waals surface area contributed by atoms with Crippen LogP contribution in [-0.4, -0.2) is 20.6 Å². The minimum absolute atomic E-state index is 0.0353. The van der Waals surface area contributed by atoms with E-state index in [1.54, 1.807) is 11.5 Å². The summed E-state index contributed by atoms with van der Waals surface area (Å²) < 4.78 is 12.3. The van der Waals surface area contributed by atoms with Crippen LogP contribution in [0.4, 0.5) is 0 Å². The van der Waals surface area contributed by atoms with Gasteiger partial charge >= 0.3 is 5.97 Å². The van der Waals surface area contributed by atoms with E-state index in [1.807, 2.05) is 6.07 Å². The number of benzene rings is 1. The molecule has 142 valence electrons. The molecule has 0 aliphatic carbocycles. The number of nitrogens with zero attached hydrogens (tertiary/aromatic N) is 3. The molecule has 2 heterocycles. The second-order valence-corrected chi connectivity index (χ2v) is 6.05. The van der Waals surface area contributed by atoms with Crippen molar-refractivity contribution in [1.82, 2.24) is 9.55 Å². The Labute approximate surface area is 164 Å². The zero-order chi connectivity index (χ0) is 20.3. The molecule has 28 heavy (non-hydrogen) atoms. The lowest BCUT2D eigenvalue weighted by atomic mass is 10.0. The van der Waals surface area contributed by atoms with E-state index in [2.05, 4.69) is 4.98 Å². The first kappa shape index (κ1) is 19.2. The maximum atomic E-state index is 12.5. The molecule has 2 aromatic heterocycles. The predicted octanol–water partition coefficient (Wildman–Crippen LogP) is 3.33. The van der Waals surface area contributed by atoms with Gasteiger partial charge in [-0.05, 0) is 19.1 Å². The second kappa shape index (κ2) is 7.98. The van der Waals surface area contributed by atoms with Crippen LogP contribution < -0.4 is 10.2 Å².